The molecule has 2 fully saturated rings. The van der Waals surface area contributed by atoms with Gasteiger partial charge in [0.2, 0.25) is 0 Å². The van der Waals surface area contributed by atoms with Gasteiger partial charge in [0, 0.05) is 25.7 Å². The van der Waals surface area contributed by atoms with Gasteiger partial charge in [-0.25, -0.2) is 4.79 Å². The number of likely N-dealkylation sites (tertiary alicyclic amines) is 2. The molecule has 0 aromatic carbocycles. The molecule has 0 radical (unpaired) electrons. The molecule has 0 saturated carbocycles. The second kappa shape index (κ2) is 6.24. The minimum Gasteiger partial charge on any atom is -0.481 e. The Kier molecular flexibility index (Phi) is 4.79. The summed E-state index contributed by atoms with van der Waals surface area (Å²) in [7, 11) is 0. The molecule has 5 heteroatoms. The van der Waals surface area contributed by atoms with E-state index in [1.165, 1.54) is 0 Å². The summed E-state index contributed by atoms with van der Waals surface area (Å²) in [5.41, 5.74) is -0.616. The smallest absolute Gasteiger partial charge is 0.320 e. The van der Waals surface area contributed by atoms with Crippen LogP contribution in [0.1, 0.15) is 52.9 Å². The summed E-state index contributed by atoms with van der Waals surface area (Å²) in [6.45, 7) is 8.27. The highest BCUT2D eigenvalue weighted by atomic mass is 16.4. The van der Waals surface area contributed by atoms with E-state index in [1.54, 1.807) is 0 Å². The van der Waals surface area contributed by atoms with Crippen molar-refractivity contribution in [1.29, 1.82) is 0 Å². The van der Waals surface area contributed by atoms with Gasteiger partial charge in [-0.3, -0.25) is 4.79 Å². The van der Waals surface area contributed by atoms with Gasteiger partial charge in [0.1, 0.15) is 0 Å². The zero-order valence-electron chi connectivity index (χ0n) is 13.5. The van der Waals surface area contributed by atoms with Crippen molar-refractivity contribution in [2.75, 3.05) is 19.6 Å². The van der Waals surface area contributed by atoms with Crippen LogP contribution in [-0.4, -0.2) is 52.6 Å². The number of urea groups is 1. The number of nitrogens with zero attached hydrogens (tertiary/aromatic N) is 2. The molecule has 0 aromatic rings. The number of carbonyl (C=O) groups excluding carboxylic acids is 1. The first kappa shape index (κ1) is 16.1. The van der Waals surface area contributed by atoms with Gasteiger partial charge < -0.3 is 14.9 Å². The van der Waals surface area contributed by atoms with E-state index in [4.69, 9.17) is 0 Å². The Hall–Kier alpha value is -1.26. The van der Waals surface area contributed by atoms with Gasteiger partial charge in [-0.05, 0) is 38.5 Å². The van der Waals surface area contributed by atoms with Crippen LogP contribution in [0.3, 0.4) is 0 Å². The molecule has 0 bridgehead atoms. The van der Waals surface area contributed by atoms with Crippen LogP contribution < -0.4 is 0 Å². The third-order valence-corrected chi connectivity index (χ3v) is 5.20. The largest absolute Gasteiger partial charge is 0.481 e. The zero-order chi connectivity index (χ0) is 15.6. The van der Waals surface area contributed by atoms with Crippen LogP contribution >= 0.6 is 0 Å². The first-order chi connectivity index (χ1) is 9.89. The van der Waals surface area contributed by atoms with Crippen LogP contribution in [0.2, 0.25) is 0 Å². The highest BCUT2D eigenvalue weighted by Gasteiger charge is 2.43. The molecular weight excluding hydrogens is 268 g/mol. The summed E-state index contributed by atoms with van der Waals surface area (Å²) >= 11 is 0. The highest BCUT2D eigenvalue weighted by molar-refractivity contribution is 5.77. The summed E-state index contributed by atoms with van der Waals surface area (Å²) in [6.07, 6.45) is 3.82. The minimum atomic E-state index is -0.695. The predicted octanol–water partition coefficient (Wildman–Crippen LogP) is 2.80. The minimum absolute atomic E-state index is 0.0994. The van der Waals surface area contributed by atoms with E-state index in [9.17, 15) is 14.7 Å². The second-order valence-corrected chi connectivity index (χ2v) is 6.95. The number of rotatable bonds is 3. The van der Waals surface area contributed by atoms with E-state index in [-0.39, 0.29) is 6.03 Å². The number of carbonyl (C=O) groups is 2. The lowest BCUT2D eigenvalue weighted by Gasteiger charge is -2.40. The lowest BCUT2D eigenvalue weighted by Crippen LogP contribution is -2.51. The van der Waals surface area contributed by atoms with Gasteiger partial charge >= 0.3 is 12.0 Å². The number of piperidine rings is 1. The zero-order valence-corrected chi connectivity index (χ0v) is 13.5. The van der Waals surface area contributed by atoms with Crippen LogP contribution in [0.25, 0.3) is 0 Å². The Bertz CT molecular complexity index is 402. The average Bonchev–Trinajstić information content (AvgIpc) is 2.78. The van der Waals surface area contributed by atoms with E-state index >= 15 is 0 Å². The van der Waals surface area contributed by atoms with Crippen LogP contribution in [0.15, 0.2) is 0 Å². The van der Waals surface area contributed by atoms with Crippen LogP contribution in [0, 0.1) is 11.3 Å². The third-order valence-electron chi connectivity index (χ3n) is 5.20. The van der Waals surface area contributed by atoms with Gasteiger partial charge in [0.05, 0.1) is 5.41 Å². The van der Waals surface area contributed by atoms with E-state index in [0.29, 0.717) is 44.3 Å². The molecule has 5 nitrogen and oxygen atoms in total. The number of aliphatic carboxylic acids is 1. The normalized spacial score (nSPS) is 28.7. The molecule has 0 spiro atoms. The third kappa shape index (κ3) is 3.16. The Morgan fingerprint density at radius 2 is 1.86 bits per heavy atom. The molecular formula is C16H28N2O3. The fourth-order valence-electron chi connectivity index (χ4n) is 3.92. The molecule has 2 saturated heterocycles. The van der Waals surface area contributed by atoms with E-state index < -0.39 is 11.4 Å². The van der Waals surface area contributed by atoms with Crippen LogP contribution in [0.5, 0.6) is 0 Å². The lowest BCUT2D eigenvalue weighted by molar-refractivity contribution is -0.152. The van der Waals surface area contributed by atoms with Crippen LogP contribution in [0.4, 0.5) is 4.79 Å². The lowest BCUT2D eigenvalue weighted by atomic mass is 9.75. The van der Waals surface area contributed by atoms with Gasteiger partial charge in [0.25, 0.3) is 0 Å². The Labute approximate surface area is 127 Å². The fourth-order valence-corrected chi connectivity index (χ4v) is 3.92. The molecule has 2 unspecified atom stereocenters. The maximum absolute atomic E-state index is 12.6. The van der Waals surface area contributed by atoms with E-state index in [1.807, 2.05) is 16.7 Å². The molecule has 21 heavy (non-hydrogen) atoms. The van der Waals surface area contributed by atoms with Crippen molar-refractivity contribution in [3.63, 3.8) is 0 Å². The van der Waals surface area contributed by atoms with Crippen molar-refractivity contribution in [3.8, 4) is 0 Å². The highest BCUT2D eigenvalue weighted by Crippen LogP contribution is 2.37. The van der Waals surface area contributed by atoms with Crippen molar-refractivity contribution in [2.45, 2.75) is 58.9 Å². The summed E-state index contributed by atoms with van der Waals surface area (Å²) in [6, 6.07) is 0.400. The molecule has 1 N–H and O–H groups in total. The van der Waals surface area contributed by atoms with Crippen LogP contribution in [-0.2, 0) is 4.79 Å². The molecule has 2 atom stereocenters. The summed E-state index contributed by atoms with van der Waals surface area (Å²) < 4.78 is 0. The fraction of sp³-hybridized carbons (Fsp3) is 0.875. The maximum atomic E-state index is 12.6. The maximum Gasteiger partial charge on any atom is 0.320 e. The SMILES string of the molecule is CCCC1(C(=O)O)CCN(C(=O)N2CC(C)CC2C)CC1. The molecule has 0 aliphatic carbocycles. The molecule has 2 amide bonds. The standard InChI is InChI=1S/C16H28N2O3/c1-4-5-16(14(19)20)6-8-17(9-7-16)15(21)18-11-12(2)10-13(18)3/h12-13H,4-11H2,1-3H3,(H,19,20). The molecule has 2 heterocycles. The number of carboxylic acid groups (broad SMARTS) is 1. The monoisotopic (exact) mass is 296 g/mol. The Balaban J connectivity index is 1.97. The molecule has 120 valence electrons. The summed E-state index contributed by atoms with van der Waals surface area (Å²) in [5.74, 6) is -0.133. The first-order valence-corrected chi connectivity index (χ1v) is 8.18. The molecule has 2 aliphatic rings. The Morgan fingerprint density at radius 1 is 1.24 bits per heavy atom. The number of hydrogen-bond acceptors (Lipinski definition) is 2. The Morgan fingerprint density at radius 3 is 2.29 bits per heavy atom. The van der Waals surface area contributed by atoms with Gasteiger partial charge in [0.15, 0.2) is 0 Å². The quantitative estimate of drug-likeness (QED) is 0.871. The topological polar surface area (TPSA) is 60.9 Å². The van der Waals surface area contributed by atoms with Crippen molar-refractivity contribution in [2.24, 2.45) is 11.3 Å². The summed E-state index contributed by atoms with van der Waals surface area (Å²) in [4.78, 5) is 28.0. The average molecular weight is 296 g/mol. The predicted molar refractivity (Wildman–Crippen MR) is 81.1 cm³/mol. The van der Waals surface area contributed by atoms with Crippen molar-refractivity contribution < 1.29 is 14.7 Å². The van der Waals surface area contributed by atoms with Gasteiger partial charge in [-0.2, -0.15) is 0 Å². The molecule has 2 aliphatic heterocycles. The van der Waals surface area contributed by atoms with E-state index in [0.717, 1.165) is 19.4 Å². The number of hydrogen-bond donors (Lipinski definition) is 1. The van der Waals surface area contributed by atoms with Crippen molar-refractivity contribution in [1.82, 2.24) is 9.80 Å². The van der Waals surface area contributed by atoms with Crippen molar-refractivity contribution >= 4 is 12.0 Å². The van der Waals surface area contributed by atoms with E-state index in [2.05, 4.69) is 13.8 Å². The molecule has 0 aromatic heterocycles. The second-order valence-electron chi connectivity index (χ2n) is 6.95. The number of amides is 2. The molecule has 2 rings (SSSR count). The first-order valence-electron chi connectivity index (χ1n) is 8.18. The number of carboxylic acids is 1. The van der Waals surface area contributed by atoms with Crippen molar-refractivity contribution in [3.05, 3.63) is 0 Å². The van der Waals surface area contributed by atoms with Gasteiger partial charge in [-0.15, -0.1) is 0 Å². The van der Waals surface area contributed by atoms with Gasteiger partial charge in [-0.1, -0.05) is 20.3 Å². The summed E-state index contributed by atoms with van der Waals surface area (Å²) in [5, 5.41) is 9.52.